The molecular weight excluding hydrogens is 462 g/mol. The van der Waals surface area contributed by atoms with Crippen molar-refractivity contribution in [2.45, 2.75) is 20.5 Å². The summed E-state index contributed by atoms with van der Waals surface area (Å²) < 4.78 is 7.98. The fourth-order valence-electron chi connectivity index (χ4n) is 3.89. The van der Waals surface area contributed by atoms with Crippen molar-refractivity contribution in [2.24, 2.45) is 0 Å². The van der Waals surface area contributed by atoms with Crippen molar-refractivity contribution < 1.29 is 9.66 Å². The van der Waals surface area contributed by atoms with Gasteiger partial charge in [0.2, 0.25) is 0 Å². The Hall–Kier alpha value is -4.34. The molecule has 7 heteroatoms. The maximum Gasteiger partial charge on any atom is 0.270 e. The van der Waals surface area contributed by atoms with E-state index in [2.05, 4.69) is 10.6 Å². The van der Waals surface area contributed by atoms with Crippen LogP contribution in [0.25, 0.3) is 17.3 Å². The van der Waals surface area contributed by atoms with Crippen LogP contribution in [0.15, 0.2) is 78.9 Å². The molecule has 174 valence electrons. The zero-order valence-electron chi connectivity index (χ0n) is 19.2. The number of nitro benzene ring substituents is 1. The summed E-state index contributed by atoms with van der Waals surface area (Å²) >= 11 is 5.93. The summed E-state index contributed by atoms with van der Waals surface area (Å²) in [4.78, 5) is 10.7. The monoisotopic (exact) mass is 483 g/mol. The lowest BCUT2D eigenvalue weighted by molar-refractivity contribution is -0.384. The normalized spacial score (nSPS) is 11.2. The smallest absolute Gasteiger partial charge is 0.270 e. The number of nitriles is 1. The van der Waals surface area contributed by atoms with Gasteiger partial charge < -0.3 is 9.30 Å². The highest BCUT2D eigenvalue weighted by Gasteiger charge is 2.13. The van der Waals surface area contributed by atoms with Gasteiger partial charge in [-0.15, -0.1) is 0 Å². The maximum atomic E-state index is 11.1. The average molecular weight is 484 g/mol. The Balaban J connectivity index is 1.57. The van der Waals surface area contributed by atoms with Gasteiger partial charge in [-0.2, -0.15) is 5.26 Å². The van der Waals surface area contributed by atoms with E-state index < -0.39 is 4.92 Å². The molecule has 0 amide bonds. The van der Waals surface area contributed by atoms with Crippen molar-refractivity contribution in [3.05, 3.63) is 122 Å². The number of rotatable bonds is 7. The van der Waals surface area contributed by atoms with Crippen LogP contribution in [0.2, 0.25) is 5.02 Å². The van der Waals surface area contributed by atoms with Crippen LogP contribution in [0.1, 0.15) is 28.1 Å². The predicted octanol–water partition coefficient (Wildman–Crippen LogP) is 7.30. The number of ether oxygens (including phenoxy) is 1. The molecule has 1 aromatic heterocycles. The van der Waals surface area contributed by atoms with Crippen molar-refractivity contribution >= 4 is 28.9 Å². The van der Waals surface area contributed by atoms with Crippen LogP contribution in [0, 0.1) is 35.3 Å². The third kappa shape index (κ3) is 5.43. The van der Waals surface area contributed by atoms with Crippen LogP contribution in [0.3, 0.4) is 0 Å². The average Bonchev–Trinajstić information content (AvgIpc) is 3.15. The molecular formula is C28H22ClN3O3. The van der Waals surface area contributed by atoms with Crippen LogP contribution >= 0.6 is 11.6 Å². The summed E-state index contributed by atoms with van der Waals surface area (Å²) in [7, 11) is 0. The third-order valence-electron chi connectivity index (χ3n) is 5.67. The van der Waals surface area contributed by atoms with Crippen LogP contribution in [-0.4, -0.2) is 9.49 Å². The molecule has 0 saturated heterocycles. The van der Waals surface area contributed by atoms with Crippen LogP contribution in [-0.2, 0) is 6.61 Å². The number of hydrogen-bond donors (Lipinski definition) is 0. The van der Waals surface area contributed by atoms with Gasteiger partial charge in [-0.3, -0.25) is 10.1 Å². The Labute approximate surface area is 208 Å². The summed E-state index contributed by atoms with van der Waals surface area (Å²) in [6, 6.07) is 25.6. The summed E-state index contributed by atoms with van der Waals surface area (Å²) in [5.41, 5.74) is 5.64. The summed E-state index contributed by atoms with van der Waals surface area (Å²) in [6.45, 7) is 4.42. The van der Waals surface area contributed by atoms with E-state index in [0.717, 1.165) is 34.0 Å². The highest BCUT2D eigenvalue weighted by Crippen LogP contribution is 2.27. The molecule has 0 unspecified atom stereocenters. The highest BCUT2D eigenvalue weighted by molar-refractivity contribution is 6.30. The zero-order chi connectivity index (χ0) is 24.9. The van der Waals surface area contributed by atoms with Gasteiger partial charge in [0, 0.05) is 34.2 Å². The lowest BCUT2D eigenvalue weighted by Crippen LogP contribution is -2.00. The molecule has 1 heterocycles. The molecule has 4 aromatic rings. The quantitative estimate of drug-likeness (QED) is 0.157. The largest absolute Gasteiger partial charge is 0.489 e. The van der Waals surface area contributed by atoms with Crippen molar-refractivity contribution in [2.75, 3.05) is 0 Å². The molecule has 4 rings (SSSR count). The van der Waals surface area contributed by atoms with Gasteiger partial charge in [-0.05, 0) is 79.1 Å². The number of non-ortho nitro benzene ring substituents is 1. The first-order valence-electron chi connectivity index (χ1n) is 10.9. The minimum Gasteiger partial charge on any atom is -0.489 e. The molecule has 35 heavy (non-hydrogen) atoms. The van der Waals surface area contributed by atoms with Gasteiger partial charge >= 0.3 is 0 Å². The summed E-state index contributed by atoms with van der Waals surface area (Å²) in [5, 5.41) is 21.5. The van der Waals surface area contributed by atoms with Crippen LogP contribution in [0.4, 0.5) is 5.69 Å². The first-order valence-corrected chi connectivity index (χ1v) is 11.3. The van der Waals surface area contributed by atoms with Crippen LogP contribution < -0.4 is 4.74 Å². The van der Waals surface area contributed by atoms with E-state index in [-0.39, 0.29) is 5.69 Å². The minimum absolute atomic E-state index is 0.0486. The van der Waals surface area contributed by atoms with Gasteiger partial charge in [0.1, 0.15) is 12.4 Å². The molecule has 0 N–H and O–H groups in total. The number of allylic oxidation sites excluding steroid dienone is 1. The number of hydrogen-bond acceptors (Lipinski definition) is 4. The van der Waals surface area contributed by atoms with Gasteiger partial charge in [0.25, 0.3) is 5.69 Å². The molecule has 0 spiro atoms. The van der Waals surface area contributed by atoms with E-state index in [9.17, 15) is 15.4 Å². The van der Waals surface area contributed by atoms with Crippen molar-refractivity contribution in [1.82, 2.24) is 4.57 Å². The molecule has 0 atom stereocenters. The first kappa shape index (κ1) is 23.8. The predicted molar refractivity (Wildman–Crippen MR) is 138 cm³/mol. The number of aryl methyl sites for hydroxylation is 1. The molecule has 0 bridgehead atoms. The van der Waals surface area contributed by atoms with E-state index in [4.69, 9.17) is 16.3 Å². The second-order valence-corrected chi connectivity index (χ2v) is 8.48. The second-order valence-electron chi connectivity index (χ2n) is 8.05. The van der Waals surface area contributed by atoms with E-state index in [1.54, 1.807) is 18.2 Å². The number of nitro groups is 1. The Bertz CT molecular complexity index is 1450. The fourth-order valence-corrected chi connectivity index (χ4v) is 4.02. The Morgan fingerprint density at radius 2 is 1.80 bits per heavy atom. The van der Waals surface area contributed by atoms with Crippen molar-refractivity contribution in [1.29, 1.82) is 5.26 Å². The lowest BCUT2D eigenvalue weighted by atomic mass is 10.0. The van der Waals surface area contributed by atoms with Crippen molar-refractivity contribution in [3.63, 3.8) is 0 Å². The summed E-state index contributed by atoms with van der Waals surface area (Å²) in [5.74, 6) is 0.753. The number of halogens is 1. The van der Waals surface area contributed by atoms with Gasteiger partial charge in [0.05, 0.1) is 16.6 Å². The van der Waals surface area contributed by atoms with Gasteiger partial charge in [-0.1, -0.05) is 35.9 Å². The van der Waals surface area contributed by atoms with Crippen molar-refractivity contribution in [3.8, 4) is 17.5 Å². The van der Waals surface area contributed by atoms with Gasteiger partial charge in [-0.25, -0.2) is 0 Å². The lowest BCUT2D eigenvalue weighted by Gasteiger charge is -2.12. The molecule has 6 nitrogen and oxygen atoms in total. The number of benzene rings is 3. The summed E-state index contributed by atoms with van der Waals surface area (Å²) in [6.07, 6.45) is 1.77. The van der Waals surface area contributed by atoms with Gasteiger partial charge in [0.15, 0.2) is 0 Å². The highest BCUT2D eigenvalue weighted by atomic mass is 35.5. The molecule has 0 saturated carbocycles. The molecule has 0 fully saturated rings. The number of nitrogens with zero attached hydrogens (tertiary/aromatic N) is 3. The Kier molecular flexibility index (Phi) is 7.00. The maximum absolute atomic E-state index is 11.1. The topological polar surface area (TPSA) is 81.1 Å². The van der Waals surface area contributed by atoms with E-state index in [1.807, 2.05) is 68.4 Å². The molecule has 3 aromatic carbocycles. The minimum atomic E-state index is -0.465. The van der Waals surface area contributed by atoms with E-state index >= 15 is 0 Å². The van der Waals surface area contributed by atoms with E-state index in [1.165, 1.54) is 12.1 Å². The Morgan fingerprint density at radius 3 is 2.46 bits per heavy atom. The standard InChI is InChI=1S/C28H22ClN3O3/c1-19-14-23(15-24(17-30)22-4-3-5-27(16-22)32(33)34)20(2)31(19)26-10-12-28(13-11-26)35-18-21-6-8-25(29)9-7-21/h3-16H,18H2,1-2H3. The molecule has 0 aliphatic rings. The molecule has 0 aliphatic heterocycles. The zero-order valence-corrected chi connectivity index (χ0v) is 20.0. The molecule has 0 radical (unpaired) electrons. The SMILES string of the molecule is Cc1cc(C=C(C#N)c2cccc([N+](=O)[O-])c2)c(C)n1-c1ccc(OCc2ccc(Cl)cc2)cc1. The van der Waals surface area contributed by atoms with Crippen LogP contribution in [0.5, 0.6) is 5.75 Å². The second kappa shape index (κ2) is 10.3. The van der Waals surface area contributed by atoms with E-state index in [0.29, 0.717) is 22.8 Å². The first-order chi connectivity index (χ1) is 16.9. The number of aromatic nitrogens is 1. The Morgan fingerprint density at radius 1 is 1.09 bits per heavy atom. The fraction of sp³-hybridized carbons (Fsp3) is 0.107. The molecule has 0 aliphatic carbocycles. The third-order valence-corrected chi connectivity index (χ3v) is 5.92.